The van der Waals surface area contributed by atoms with Crippen molar-refractivity contribution in [2.75, 3.05) is 13.1 Å². The van der Waals surface area contributed by atoms with Gasteiger partial charge in [-0.1, -0.05) is 0 Å². The van der Waals surface area contributed by atoms with Crippen molar-refractivity contribution in [1.82, 2.24) is 15.6 Å². The number of unbranched alkanes of at least 4 members (excludes halogenated alkanes) is 1. The van der Waals surface area contributed by atoms with Crippen molar-refractivity contribution in [3.8, 4) is 5.75 Å². The van der Waals surface area contributed by atoms with Crippen LogP contribution in [0.5, 0.6) is 5.75 Å². The molecule has 6 N–H and O–H groups in total. The lowest BCUT2D eigenvalue weighted by Gasteiger charge is -2.18. The molecule has 0 aliphatic heterocycles. The number of H-pyrrole nitrogens is 1. The van der Waals surface area contributed by atoms with Crippen LogP contribution in [0, 0.1) is 0 Å². The third-order valence-electron chi connectivity index (χ3n) is 4.04. The topological polar surface area (TPSA) is 120 Å². The Labute approximate surface area is 147 Å². The van der Waals surface area contributed by atoms with E-state index in [1.165, 1.54) is 0 Å². The standard InChI is InChI=1S/C18H26N4O3/c1-2-20-18(25)16(22-17(24)5-3-4-8-19)9-12-11-21-15-7-6-13(23)10-14(12)15/h6-7,10-11,16,21,23H,2-5,8-9,19H2,1H3,(H,20,25)(H,22,24)/t16-/m0/s1. The lowest BCUT2D eigenvalue weighted by atomic mass is 10.0. The average Bonchev–Trinajstić information content (AvgIpc) is 2.97. The Kier molecular flexibility index (Phi) is 6.82. The Morgan fingerprint density at radius 3 is 2.84 bits per heavy atom. The van der Waals surface area contributed by atoms with E-state index >= 15 is 0 Å². The molecule has 0 radical (unpaired) electrons. The average molecular weight is 346 g/mol. The molecule has 1 heterocycles. The molecule has 2 aromatic rings. The molecule has 2 rings (SSSR count). The van der Waals surface area contributed by atoms with Crippen LogP contribution in [0.4, 0.5) is 0 Å². The van der Waals surface area contributed by atoms with Gasteiger partial charge in [0.15, 0.2) is 0 Å². The number of benzene rings is 1. The number of hydrogen-bond acceptors (Lipinski definition) is 4. The van der Waals surface area contributed by atoms with Crippen LogP contribution < -0.4 is 16.4 Å². The van der Waals surface area contributed by atoms with E-state index in [9.17, 15) is 14.7 Å². The van der Waals surface area contributed by atoms with Crippen molar-refractivity contribution in [3.05, 3.63) is 30.0 Å². The molecule has 1 aromatic heterocycles. The Morgan fingerprint density at radius 1 is 1.32 bits per heavy atom. The summed E-state index contributed by atoms with van der Waals surface area (Å²) in [6.45, 7) is 2.88. The number of aromatic nitrogens is 1. The predicted octanol–water partition coefficient (Wildman–Crippen LogP) is 1.17. The van der Waals surface area contributed by atoms with E-state index in [1.54, 1.807) is 24.4 Å². The Hall–Kier alpha value is -2.54. The molecule has 0 aliphatic rings. The van der Waals surface area contributed by atoms with Gasteiger partial charge in [-0.25, -0.2) is 0 Å². The monoisotopic (exact) mass is 346 g/mol. The Balaban J connectivity index is 2.13. The number of fused-ring (bicyclic) bond motifs is 1. The number of likely N-dealkylation sites (N-methyl/N-ethyl adjacent to an activating group) is 1. The molecular weight excluding hydrogens is 320 g/mol. The van der Waals surface area contributed by atoms with E-state index in [2.05, 4.69) is 15.6 Å². The van der Waals surface area contributed by atoms with Gasteiger partial charge < -0.3 is 26.5 Å². The first-order valence-electron chi connectivity index (χ1n) is 8.61. The fourth-order valence-corrected chi connectivity index (χ4v) is 2.76. The van der Waals surface area contributed by atoms with Crippen molar-refractivity contribution >= 4 is 22.7 Å². The smallest absolute Gasteiger partial charge is 0.242 e. The van der Waals surface area contributed by atoms with E-state index in [1.807, 2.05) is 6.92 Å². The molecule has 0 fully saturated rings. The van der Waals surface area contributed by atoms with Crippen LogP contribution in [-0.2, 0) is 16.0 Å². The van der Waals surface area contributed by atoms with Crippen LogP contribution in [0.3, 0.4) is 0 Å². The lowest BCUT2D eigenvalue weighted by Crippen LogP contribution is -2.47. The first-order chi connectivity index (χ1) is 12.0. The van der Waals surface area contributed by atoms with Crippen molar-refractivity contribution in [1.29, 1.82) is 0 Å². The van der Waals surface area contributed by atoms with E-state index in [0.29, 0.717) is 32.4 Å². The zero-order valence-electron chi connectivity index (χ0n) is 14.5. The van der Waals surface area contributed by atoms with Crippen molar-refractivity contribution in [2.24, 2.45) is 5.73 Å². The normalized spacial score (nSPS) is 12.1. The van der Waals surface area contributed by atoms with Gasteiger partial charge in [-0.2, -0.15) is 0 Å². The number of phenols is 1. The molecule has 0 unspecified atom stereocenters. The van der Waals surface area contributed by atoms with E-state index in [4.69, 9.17) is 5.73 Å². The summed E-state index contributed by atoms with van der Waals surface area (Å²) in [6.07, 6.45) is 3.98. The SMILES string of the molecule is CCNC(=O)[C@H](Cc1c[nH]c2ccc(O)cc12)NC(=O)CCCCN. The summed E-state index contributed by atoms with van der Waals surface area (Å²) in [4.78, 5) is 27.6. The quantitative estimate of drug-likeness (QED) is 0.438. The van der Waals surface area contributed by atoms with Crippen LogP contribution in [0.2, 0.25) is 0 Å². The molecular formula is C18H26N4O3. The maximum absolute atomic E-state index is 12.3. The van der Waals surface area contributed by atoms with Crippen LogP contribution >= 0.6 is 0 Å². The highest BCUT2D eigenvalue weighted by Crippen LogP contribution is 2.24. The van der Waals surface area contributed by atoms with Gasteiger partial charge in [0, 0.05) is 36.5 Å². The van der Waals surface area contributed by atoms with Gasteiger partial charge in [0.25, 0.3) is 0 Å². The number of carbonyl (C=O) groups is 2. The summed E-state index contributed by atoms with van der Waals surface area (Å²) in [5, 5.41) is 16.1. The van der Waals surface area contributed by atoms with Gasteiger partial charge in [-0.3, -0.25) is 9.59 Å². The number of nitrogens with two attached hydrogens (primary N) is 1. The highest BCUT2D eigenvalue weighted by molar-refractivity contribution is 5.89. The van der Waals surface area contributed by atoms with Gasteiger partial charge in [-0.15, -0.1) is 0 Å². The van der Waals surface area contributed by atoms with Crippen LogP contribution in [0.25, 0.3) is 10.9 Å². The molecule has 0 spiro atoms. The summed E-state index contributed by atoms with van der Waals surface area (Å²) in [5.74, 6) is -0.217. The molecule has 7 nitrogen and oxygen atoms in total. The number of amides is 2. The summed E-state index contributed by atoms with van der Waals surface area (Å²) in [7, 11) is 0. The number of nitrogens with one attached hydrogen (secondary N) is 3. The number of aromatic hydroxyl groups is 1. The summed E-state index contributed by atoms with van der Waals surface area (Å²) in [5.41, 5.74) is 7.18. The van der Waals surface area contributed by atoms with E-state index < -0.39 is 6.04 Å². The van der Waals surface area contributed by atoms with Crippen LogP contribution in [0.1, 0.15) is 31.7 Å². The number of phenolic OH excluding ortho intramolecular Hbond substituents is 1. The summed E-state index contributed by atoms with van der Waals surface area (Å²) < 4.78 is 0. The predicted molar refractivity (Wildman–Crippen MR) is 97.2 cm³/mol. The minimum atomic E-state index is -0.660. The molecule has 0 saturated carbocycles. The second-order valence-corrected chi connectivity index (χ2v) is 6.01. The van der Waals surface area contributed by atoms with Crippen LogP contribution in [0.15, 0.2) is 24.4 Å². The number of aromatic amines is 1. The minimum absolute atomic E-state index is 0.160. The van der Waals surface area contributed by atoms with Gasteiger partial charge in [0.1, 0.15) is 11.8 Å². The molecule has 0 aliphatic carbocycles. The van der Waals surface area contributed by atoms with Crippen molar-refractivity contribution in [3.63, 3.8) is 0 Å². The highest BCUT2D eigenvalue weighted by atomic mass is 16.3. The van der Waals surface area contributed by atoms with Gasteiger partial charge in [-0.05, 0) is 50.1 Å². The fourth-order valence-electron chi connectivity index (χ4n) is 2.76. The third kappa shape index (κ3) is 5.22. The number of carbonyl (C=O) groups excluding carboxylic acids is 2. The fraction of sp³-hybridized carbons (Fsp3) is 0.444. The number of hydrogen-bond donors (Lipinski definition) is 5. The third-order valence-corrected chi connectivity index (χ3v) is 4.04. The zero-order chi connectivity index (χ0) is 18.2. The summed E-state index contributed by atoms with van der Waals surface area (Å²) in [6, 6.07) is 4.37. The largest absolute Gasteiger partial charge is 0.508 e. The molecule has 136 valence electrons. The van der Waals surface area contributed by atoms with E-state index in [-0.39, 0.29) is 17.6 Å². The zero-order valence-corrected chi connectivity index (χ0v) is 14.5. The second kappa shape index (κ2) is 9.08. The highest BCUT2D eigenvalue weighted by Gasteiger charge is 2.22. The second-order valence-electron chi connectivity index (χ2n) is 6.01. The maximum Gasteiger partial charge on any atom is 0.242 e. The molecule has 25 heavy (non-hydrogen) atoms. The molecule has 0 saturated heterocycles. The number of rotatable bonds is 9. The first-order valence-corrected chi connectivity index (χ1v) is 8.61. The van der Waals surface area contributed by atoms with E-state index in [0.717, 1.165) is 22.9 Å². The van der Waals surface area contributed by atoms with Gasteiger partial charge >= 0.3 is 0 Å². The van der Waals surface area contributed by atoms with Crippen molar-refractivity contribution < 1.29 is 14.7 Å². The van der Waals surface area contributed by atoms with Gasteiger partial charge in [0.05, 0.1) is 0 Å². The lowest BCUT2D eigenvalue weighted by molar-refractivity contribution is -0.129. The summed E-state index contributed by atoms with van der Waals surface area (Å²) >= 11 is 0. The molecule has 1 atom stereocenters. The minimum Gasteiger partial charge on any atom is -0.508 e. The molecule has 1 aromatic carbocycles. The van der Waals surface area contributed by atoms with Gasteiger partial charge in [0.2, 0.25) is 11.8 Å². The molecule has 7 heteroatoms. The first kappa shape index (κ1) is 18.8. The molecule has 0 bridgehead atoms. The Morgan fingerprint density at radius 2 is 2.12 bits per heavy atom. The molecule has 2 amide bonds. The van der Waals surface area contributed by atoms with Crippen LogP contribution in [-0.4, -0.2) is 41.0 Å². The maximum atomic E-state index is 12.3. The van der Waals surface area contributed by atoms with Crippen molar-refractivity contribution in [2.45, 2.75) is 38.6 Å². The Bertz CT molecular complexity index is 726.